The van der Waals surface area contributed by atoms with Crippen molar-refractivity contribution in [1.29, 1.82) is 0 Å². The summed E-state index contributed by atoms with van der Waals surface area (Å²) in [5.41, 5.74) is 6.80. The van der Waals surface area contributed by atoms with Gasteiger partial charge >= 0.3 is 5.97 Å². The molecule has 1 saturated carbocycles. The van der Waals surface area contributed by atoms with Gasteiger partial charge in [-0.05, 0) is 36.5 Å². The van der Waals surface area contributed by atoms with Crippen LogP contribution >= 0.6 is 0 Å². The number of nitrogens with two attached hydrogens (primary N) is 1. The molecule has 0 spiro atoms. The van der Waals surface area contributed by atoms with Gasteiger partial charge in [0.15, 0.2) is 11.6 Å². The maximum Gasteiger partial charge on any atom is 0.305 e. The van der Waals surface area contributed by atoms with Gasteiger partial charge in [-0.15, -0.1) is 0 Å². The van der Waals surface area contributed by atoms with Crippen molar-refractivity contribution in [3.8, 4) is 0 Å². The Kier molecular flexibility index (Phi) is 4.70. The van der Waals surface area contributed by atoms with Crippen LogP contribution < -0.4 is 5.73 Å². The molecule has 2 N–H and O–H groups in total. The predicted molar refractivity (Wildman–Crippen MR) is 71.0 cm³/mol. The smallest absolute Gasteiger partial charge is 0.305 e. The molecule has 5 heteroatoms. The Labute approximate surface area is 117 Å². The zero-order chi connectivity index (χ0) is 14.7. The Hall–Kier alpha value is -1.49. The number of methoxy groups -OCH3 is 1. The van der Waals surface area contributed by atoms with Crippen molar-refractivity contribution in [2.24, 2.45) is 11.7 Å². The molecule has 0 heterocycles. The number of esters is 1. The molecule has 1 fully saturated rings. The van der Waals surface area contributed by atoms with Crippen LogP contribution in [0.15, 0.2) is 18.2 Å². The molecule has 0 radical (unpaired) electrons. The second kappa shape index (κ2) is 6.31. The number of hydrogen-bond donors (Lipinski definition) is 1. The van der Waals surface area contributed by atoms with Crippen LogP contribution in [-0.2, 0) is 9.53 Å². The van der Waals surface area contributed by atoms with Gasteiger partial charge in [-0.25, -0.2) is 8.78 Å². The van der Waals surface area contributed by atoms with Gasteiger partial charge in [-0.3, -0.25) is 4.79 Å². The lowest BCUT2D eigenvalue weighted by Crippen LogP contribution is -2.38. The molecule has 0 saturated heterocycles. The van der Waals surface area contributed by atoms with E-state index in [9.17, 15) is 13.6 Å². The summed E-state index contributed by atoms with van der Waals surface area (Å²) in [5.74, 6) is -2.18. The van der Waals surface area contributed by atoms with Crippen LogP contribution in [0.2, 0.25) is 0 Å². The lowest BCUT2D eigenvalue weighted by molar-refractivity contribution is -0.142. The van der Waals surface area contributed by atoms with Gasteiger partial charge in [0.05, 0.1) is 7.11 Å². The van der Waals surface area contributed by atoms with Gasteiger partial charge in [0.1, 0.15) is 0 Å². The van der Waals surface area contributed by atoms with Gasteiger partial charge in [-0.2, -0.15) is 0 Å². The summed E-state index contributed by atoms with van der Waals surface area (Å²) in [6.07, 6.45) is 2.85. The van der Waals surface area contributed by atoms with E-state index in [1.807, 2.05) is 0 Å². The van der Waals surface area contributed by atoms with Crippen molar-refractivity contribution in [2.45, 2.75) is 37.6 Å². The molecule has 1 aliphatic rings. The highest BCUT2D eigenvalue weighted by Gasteiger charge is 2.34. The SMILES string of the molecule is COC(=O)CC1CCCC(N)C1c1ccc(F)c(F)c1. The summed E-state index contributed by atoms with van der Waals surface area (Å²) in [6.45, 7) is 0. The maximum absolute atomic E-state index is 13.4. The first-order valence-electron chi connectivity index (χ1n) is 6.80. The normalized spacial score (nSPS) is 26.3. The minimum atomic E-state index is -0.878. The van der Waals surface area contributed by atoms with Crippen LogP contribution in [0.1, 0.15) is 37.2 Å². The van der Waals surface area contributed by atoms with Crippen molar-refractivity contribution in [3.05, 3.63) is 35.4 Å². The van der Waals surface area contributed by atoms with Crippen molar-refractivity contribution in [3.63, 3.8) is 0 Å². The second-order valence-corrected chi connectivity index (χ2v) is 5.33. The van der Waals surface area contributed by atoms with Gasteiger partial charge in [-0.1, -0.05) is 12.5 Å². The lowest BCUT2D eigenvalue weighted by atomic mass is 9.71. The van der Waals surface area contributed by atoms with E-state index >= 15 is 0 Å². The van der Waals surface area contributed by atoms with E-state index in [2.05, 4.69) is 0 Å². The summed E-state index contributed by atoms with van der Waals surface area (Å²) >= 11 is 0. The Balaban J connectivity index is 2.26. The third kappa shape index (κ3) is 3.15. The average Bonchev–Trinajstić information content (AvgIpc) is 2.42. The summed E-state index contributed by atoms with van der Waals surface area (Å²) in [4.78, 5) is 11.5. The number of carbonyl (C=O) groups excluding carboxylic acids is 1. The van der Waals surface area contributed by atoms with Crippen molar-refractivity contribution in [2.75, 3.05) is 7.11 Å². The van der Waals surface area contributed by atoms with Crippen molar-refractivity contribution in [1.82, 2.24) is 0 Å². The Morgan fingerprint density at radius 1 is 1.35 bits per heavy atom. The Bertz CT molecular complexity index is 493. The Morgan fingerprint density at radius 3 is 2.75 bits per heavy atom. The molecule has 1 aliphatic carbocycles. The zero-order valence-electron chi connectivity index (χ0n) is 11.4. The van der Waals surface area contributed by atoms with Crippen molar-refractivity contribution < 1.29 is 18.3 Å². The molecule has 0 aromatic heterocycles. The lowest BCUT2D eigenvalue weighted by Gasteiger charge is -2.36. The minimum absolute atomic E-state index is 0.0102. The molecule has 2 rings (SSSR count). The van der Waals surface area contributed by atoms with Crippen LogP contribution in [0.4, 0.5) is 8.78 Å². The predicted octanol–water partition coefficient (Wildman–Crippen LogP) is 2.74. The summed E-state index contributed by atoms with van der Waals surface area (Å²) in [6, 6.07) is 3.71. The van der Waals surface area contributed by atoms with E-state index < -0.39 is 11.6 Å². The first-order valence-corrected chi connectivity index (χ1v) is 6.80. The fourth-order valence-electron chi connectivity index (χ4n) is 3.09. The van der Waals surface area contributed by atoms with Crippen molar-refractivity contribution >= 4 is 5.97 Å². The van der Waals surface area contributed by atoms with E-state index in [0.717, 1.165) is 25.3 Å². The molecule has 3 nitrogen and oxygen atoms in total. The number of rotatable bonds is 3. The highest BCUT2D eigenvalue weighted by atomic mass is 19.2. The van der Waals surface area contributed by atoms with E-state index in [1.165, 1.54) is 13.2 Å². The monoisotopic (exact) mass is 283 g/mol. The quantitative estimate of drug-likeness (QED) is 0.868. The van der Waals surface area contributed by atoms with E-state index in [1.54, 1.807) is 6.07 Å². The first-order chi connectivity index (χ1) is 9.52. The van der Waals surface area contributed by atoms with Crippen LogP contribution in [-0.4, -0.2) is 19.1 Å². The van der Waals surface area contributed by atoms with E-state index in [-0.39, 0.29) is 30.3 Å². The second-order valence-electron chi connectivity index (χ2n) is 5.33. The number of benzene rings is 1. The number of hydrogen-bond acceptors (Lipinski definition) is 3. The number of ether oxygens (including phenoxy) is 1. The highest BCUT2D eigenvalue weighted by molar-refractivity contribution is 5.69. The maximum atomic E-state index is 13.4. The van der Waals surface area contributed by atoms with Gasteiger partial charge < -0.3 is 10.5 Å². The van der Waals surface area contributed by atoms with Gasteiger partial charge in [0.2, 0.25) is 0 Å². The van der Waals surface area contributed by atoms with E-state index in [4.69, 9.17) is 10.5 Å². The molecule has 1 aromatic carbocycles. The molecule has 110 valence electrons. The third-order valence-corrected chi connectivity index (χ3v) is 4.07. The molecule has 0 aliphatic heterocycles. The molecule has 20 heavy (non-hydrogen) atoms. The van der Waals surface area contributed by atoms with E-state index in [0.29, 0.717) is 5.56 Å². The molecular weight excluding hydrogens is 264 g/mol. The van der Waals surface area contributed by atoms with Crippen LogP contribution in [0.3, 0.4) is 0 Å². The molecule has 1 aromatic rings. The summed E-state index contributed by atoms with van der Waals surface area (Å²) in [7, 11) is 1.34. The fraction of sp³-hybridized carbons (Fsp3) is 0.533. The summed E-state index contributed by atoms with van der Waals surface area (Å²) < 4.78 is 31.2. The standard InChI is InChI=1S/C15H19F2NO2/c1-20-14(19)8-9-3-2-4-13(18)15(9)10-5-6-11(16)12(17)7-10/h5-7,9,13,15H,2-4,8,18H2,1H3. The average molecular weight is 283 g/mol. The highest BCUT2D eigenvalue weighted by Crippen LogP contribution is 2.39. The van der Waals surface area contributed by atoms with Crippen LogP contribution in [0.5, 0.6) is 0 Å². The molecular formula is C15H19F2NO2. The van der Waals surface area contributed by atoms with Gasteiger partial charge in [0.25, 0.3) is 0 Å². The fourth-order valence-corrected chi connectivity index (χ4v) is 3.09. The zero-order valence-corrected chi connectivity index (χ0v) is 11.4. The molecule has 3 atom stereocenters. The summed E-state index contributed by atoms with van der Waals surface area (Å²) in [5, 5.41) is 0. The molecule has 0 bridgehead atoms. The Morgan fingerprint density at radius 2 is 2.10 bits per heavy atom. The van der Waals surface area contributed by atoms with Gasteiger partial charge in [0, 0.05) is 18.4 Å². The largest absolute Gasteiger partial charge is 0.469 e. The first kappa shape index (κ1) is 14.9. The minimum Gasteiger partial charge on any atom is -0.469 e. The molecule has 0 amide bonds. The third-order valence-electron chi connectivity index (χ3n) is 4.07. The van der Waals surface area contributed by atoms with Crippen LogP contribution in [0, 0.1) is 17.6 Å². The topological polar surface area (TPSA) is 52.3 Å². The van der Waals surface area contributed by atoms with Crippen LogP contribution in [0.25, 0.3) is 0 Å². The number of carbonyl (C=O) groups is 1. The number of halogens is 2. The molecule has 3 unspecified atom stereocenters.